The molecule has 29 heavy (non-hydrogen) atoms. The second-order valence-electron chi connectivity index (χ2n) is 11.5. The van der Waals surface area contributed by atoms with Crippen LogP contribution in [0.5, 0.6) is 5.75 Å². The monoisotopic (exact) mass is 416 g/mol. The van der Waals surface area contributed by atoms with Gasteiger partial charge in [-0.3, -0.25) is 0 Å². The zero-order valence-electron chi connectivity index (χ0n) is 19.6. The zero-order chi connectivity index (χ0) is 21.9. The van der Waals surface area contributed by atoms with Crippen LogP contribution in [0.2, 0.25) is 18.1 Å². The molecule has 3 rings (SSSR count). The highest BCUT2D eigenvalue weighted by Gasteiger charge is 2.80. The van der Waals surface area contributed by atoms with Crippen LogP contribution < -0.4 is 4.43 Å². The molecule has 0 aromatic heterocycles. The molecule has 1 aromatic rings. The molecular weight excluding hydrogens is 380 g/mol. The van der Waals surface area contributed by atoms with Gasteiger partial charge in [0.25, 0.3) is 5.79 Å². The highest BCUT2D eigenvalue weighted by molar-refractivity contribution is 6.74. The number of benzene rings is 1. The van der Waals surface area contributed by atoms with Gasteiger partial charge in [-0.15, -0.1) is 0 Å². The molecule has 2 unspecified atom stereocenters. The molecular formula is C24H36O4Si. The second-order valence-corrected chi connectivity index (χ2v) is 16.3. The molecule has 0 bridgehead atoms. The predicted octanol–water partition coefficient (Wildman–Crippen LogP) is 5.92. The molecule has 2 aliphatic heterocycles. The lowest BCUT2D eigenvalue weighted by molar-refractivity contribution is -0.598. The quantitative estimate of drug-likeness (QED) is 0.341. The van der Waals surface area contributed by atoms with Crippen LogP contribution in [0.1, 0.15) is 61.0 Å². The molecule has 0 N–H and O–H groups in total. The van der Waals surface area contributed by atoms with Gasteiger partial charge in [-0.05, 0) is 42.3 Å². The summed E-state index contributed by atoms with van der Waals surface area (Å²) in [5, 5.41) is 0.139. The molecule has 2 aliphatic rings. The van der Waals surface area contributed by atoms with E-state index in [1.807, 2.05) is 24.3 Å². The molecule has 0 spiro atoms. The molecule has 0 aliphatic carbocycles. The average Bonchev–Trinajstić information content (AvgIpc) is 2.66. The number of hydrogen-bond acceptors (Lipinski definition) is 4. The van der Waals surface area contributed by atoms with Crippen LogP contribution in [-0.4, -0.2) is 26.3 Å². The Morgan fingerprint density at radius 1 is 1.03 bits per heavy atom. The first-order valence-corrected chi connectivity index (χ1v) is 13.3. The highest BCUT2D eigenvalue weighted by Crippen LogP contribution is 2.65. The number of hydrogen-bond donors (Lipinski definition) is 0. The molecule has 2 fully saturated rings. The van der Waals surface area contributed by atoms with E-state index >= 15 is 0 Å². The van der Waals surface area contributed by atoms with Gasteiger partial charge < -0.3 is 9.16 Å². The van der Waals surface area contributed by atoms with E-state index in [4.69, 9.17) is 18.9 Å². The summed E-state index contributed by atoms with van der Waals surface area (Å²) in [6.07, 6.45) is 0. The van der Waals surface area contributed by atoms with E-state index in [2.05, 4.69) is 80.3 Å². The van der Waals surface area contributed by atoms with Crippen molar-refractivity contribution in [3.8, 4) is 17.6 Å². The highest BCUT2D eigenvalue weighted by atomic mass is 28.4. The van der Waals surface area contributed by atoms with Crippen LogP contribution in [-0.2, 0) is 14.5 Å². The molecule has 4 nitrogen and oxygen atoms in total. The van der Waals surface area contributed by atoms with Gasteiger partial charge in [0.1, 0.15) is 5.75 Å². The molecule has 160 valence electrons. The Labute approximate surface area is 177 Å². The van der Waals surface area contributed by atoms with Gasteiger partial charge in [0.15, 0.2) is 5.60 Å². The van der Waals surface area contributed by atoms with Gasteiger partial charge in [0.05, 0.1) is 6.61 Å². The summed E-state index contributed by atoms with van der Waals surface area (Å²) in [4.78, 5) is 11.4. The molecule has 1 aromatic carbocycles. The lowest BCUT2D eigenvalue weighted by Gasteiger charge is -2.58. The number of fused-ring (bicyclic) bond motifs is 1. The van der Waals surface area contributed by atoms with Crippen molar-refractivity contribution in [3.05, 3.63) is 29.8 Å². The fourth-order valence-electron chi connectivity index (χ4n) is 4.29. The van der Waals surface area contributed by atoms with Gasteiger partial charge in [0, 0.05) is 16.4 Å². The third-order valence-corrected chi connectivity index (χ3v) is 11.1. The summed E-state index contributed by atoms with van der Waals surface area (Å²) in [5.74, 6) is 6.35. The molecule has 2 heterocycles. The predicted molar refractivity (Wildman–Crippen MR) is 118 cm³/mol. The summed E-state index contributed by atoms with van der Waals surface area (Å²) in [7, 11) is -1.91. The Morgan fingerprint density at radius 3 is 2.21 bits per heavy atom. The maximum atomic E-state index is 6.43. The van der Waals surface area contributed by atoms with E-state index in [0.29, 0.717) is 6.61 Å². The normalized spacial score (nSPS) is 28.8. The molecule has 2 saturated heterocycles. The Hall–Kier alpha value is -1.32. The van der Waals surface area contributed by atoms with Crippen molar-refractivity contribution < 1.29 is 18.9 Å². The maximum Gasteiger partial charge on any atom is 0.298 e. The first kappa shape index (κ1) is 22.4. The Bertz CT molecular complexity index is 850. The van der Waals surface area contributed by atoms with Crippen LogP contribution >= 0.6 is 0 Å². The van der Waals surface area contributed by atoms with Crippen LogP contribution in [0.25, 0.3) is 0 Å². The minimum Gasteiger partial charge on any atom is -0.543 e. The van der Waals surface area contributed by atoms with Crippen LogP contribution in [0.15, 0.2) is 24.3 Å². The van der Waals surface area contributed by atoms with Crippen LogP contribution in [0.4, 0.5) is 0 Å². The SMILES string of the molecule is CC(C)(C)C12OOC1(C#Cc1cccc(O[Si](C)(C)C(C)(C)C)c1)OCC2(C)C. The summed E-state index contributed by atoms with van der Waals surface area (Å²) in [5.41, 5.74) is -0.171. The maximum absolute atomic E-state index is 6.43. The van der Waals surface area contributed by atoms with Crippen LogP contribution in [0, 0.1) is 22.7 Å². The molecule has 5 heteroatoms. The van der Waals surface area contributed by atoms with E-state index in [-0.39, 0.29) is 15.9 Å². The first-order chi connectivity index (χ1) is 13.1. The Balaban J connectivity index is 1.92. The fourth-order valence-corrected chi connectivity index (χ4v) is 5.31. The average molecular weight is 417 g/mol. The number of ether oxygens (including phenoxy) is 1. The fraction of sp³-hybridized carbons (Fsp3) is 0.667. The van der Waals surface area contributed by atoms with Gasteiger partial charge >= 0.3 is 0 Å². The van der Waals surface area contributed by atoms with Crippen molar-refractivity contribution in [2.24, 2.45) is 10.8 Å². The minimum absolute atomic E-state index is 0.139. The van der Waals surface area contributed by atoms with Gasteiger partial charge in [0.2, 0.25) is 8.32 Å². The van der Waals surface area contributed by atoms with Crippen molar-refractivity contribution in [2.75, 3.05) is 6.61 Å². The van der Waals surface area contributed by atoms with E-state index in [0.717, 1.165) is 11.3 Å². The topological polar surface area (TPSA) is 36.9 Å². The smallest absolute Gasteiger partial charge is 0.298 e. The van der Waals surface area contributed by atoms with Crippen molar-refractivity contribution in [1.82, 2.24) is 0 Å². The van der Waals surface area contributed by atoms with Crippen molar-refractivity contribution in [3.63, 3.8) is 0 Å². The molecule has 2 atom stereocenters. The lowest BCUT2D eigenvalue weighted by Crippen LogP contribution is -2.74. The standard InChI is InChI=1S/C24H36O4Si/c1-20(2,3)24-22(7,8)17-25-23(24,27-28-24)15-14-18-12-11-13-19(16-18)26-29(9,10)21(4,5)6/h11-13,16H,17H2,1-10H3. The lowest BCUT2D eigenvalue weighted by atomic mass is 9.59. The molecule has 0 saturated carbocycles. The summed E-state index contributed by atoms with van der Waals surface area (Å²) in [6, 6.07) is 7.98. The van der Waals surface area contributed by atoms with E-state index in [1.54, 1.807) is 0 Å². The van der Waals surface area contributed by atoms with Crippen LogP contribution in [0.3, 0.4) is 0 Å². The van der Waals surface area contributed by atoms with E-state index in [9.17, 15) is 0 Å². The first-order valence-electron chi connectivity index (χ1n) is 10.4. The third kappa shape index (κ3) is 3.35. The summed E-state index contributed by atoms with van der Waals surface area (Å²) in [6.45, 7) is 22.5. The van der Waals surface area contributed by atoms with E-state index < -0.39 is 19.7 Å². The van der Waals surface area contributed by atoms with Gasteiger partial charge in [-0.1, -0.05) is 67.4 Å². The Morgan fingerprint density at radius 2 is 1.69 bits per heavy atom. The van der Waals surface area contributed by atoms with Gasteiger partial charge in [-0.25, -0.2) is 4.89 Å². The van der Waals surface area contributed by atoms with Gasteiger partial charge in [-0.2, -0.15) is 4.89 Å². The van der Waals surface area contributed by atoms with Crippen molar-refractivity contribution >= 4 is 8.32 Å². The number of rotatable bonds is 2. The third-order valence-electron chi connectivity index (χ3n) is 6.78. The second kappa shape index (κ2) is 6.59. The van der Waals surface area contributed by atoms with Crippen molar-refractivity contribution in [1.29, 1.82) is 0 Å². The summed E-state index contributed by atoms with van der Waals surface area (Å²) < 4.78 is 12.5. The minimum atomic E-state index is -1.91. The summed E-state index contributed by atoms with van der Waals surface area (Å²) >= 11 is 0. The Kier molecular flexibility index (Phi) is 5.08. The molecule has 0 amide bonds. The molecule has 0 radical (unpaired) electrons. The largest absolute Gasteiger partial charge is 0.543 e. The zero-order valence-corrected chi connectivity index (χ0v) is 20.6. The van der Waals surface area contributed by atoms with Crippen molar-refractivity contribution in [2.45, 2.75) is 84.9 Å². The van der Waals surface area contributed by atoms with E-state index in [1.165, 1.54) is 0 Å².